The highest BCUT2D eigenvalue weighted by Gasteiger charge is 2.19. The van der Waals surface area contributed by atoms with Crippen molar-refractivity contribution >= 4 is 28.9 Å². The quantitative estimate of drug-likeness (QED) is 0.575. The minimum Gasteiger partial charge on any atom is -0.397 e. The molecule has 14 heavy (non-hydrogen) atoms. The molecule has 0 aliphatic heterocycles. The molecule has 1 aromatic rings. The maximum atomic E-state index is 13.5. The zero-order chi connectivity index (χ0) is 11.0. The number of nitrogen functional groups attached to an aromatic ring is 1. The summed E-state index contributed by atoms with van der Waals surface area (Å²) in [6.07, 6.45) is 0. The van der Waals surface area contributed by atoms with Crippen molar-refractivity contribution in [2.24, 2.45) is 0 Å². The summed E-state index contributed by atoms with van der Waals surface area (Å²) in [7, 11) is 0. The van der Waals surface area contributed by atoms with Crippen molar-refractivity contribution in [3.05, 3.63) is 27.0 Å². The minimum atomic E-state index is -0.475. The van der Waals surface area contributed by atoms with Crippen molar-refractivity contribution in [1.29, 1.82) is 0 Å². The Morgan fingerprint density at radius 3 is 2.14 bits per heavy atom. The topological polar surface area (TPSA) is 26.0 Å². The molecule has 78 valence electrons. The highest BCUT2D eigenvalue weighted by molar-refractivity contribution is 6.38. The first-order chi connectivity index (χ1) is 6.37. The third-order valence-electron chi connectivity index (χ3n) is 2.21. The van der Waals surface area contributed by atoms with Crippen molar-refractivity contribution < 1.29 is 4.39 Å². The van der Waals surface area contributed by atoms with Crippen LogP contribution < -0.4 is 5.73 Å². The second kappa shape index (κ2) is 3.95. The van der Waals surface area contributed by atoms with Crippen LogP contribution in [0.5, 0.6) is 0 Å². The first-order valence-electron chi connectivity index (χ1n) is 4.30. The predicted molar refractivity (Wildman–Crippen MR) is 59.7 cm³/mol. The van der Waals surface area contributed by atoms with Gasteiger partial charge >= 0.3 is 0 Å². The highest BCUT2D eigenvalue weighted by Crippen LogP contribution is 2.39. The van der Waals surface area contributed by atoms with Crippen LogP contribution in [0.25, 0.3) is 0 Å². The maximum absolute atomic E-state index is 13.5. The molecule has 0 bridgehead atoms. The van der Waals surface area contributed by atoms with Gasteiger partial charge in [-0.3, -0.25) is 0 Å². The standard InChI is InChI=1S/C10H12Cl2FN/c1-4(2)6-7(11)9(13)5(3)10(14)8(6)12/h4H,14H2,1-3H3. The summed E-state index contributed by atoms with van der Waals surface area (Å²) in [5.41, 5.74) is 6.82. The Kier molecular flexibility index (Phi) is 3.28. The molecule has 0 spiro atoms. The van der Waals surface area contributed by atoms with Gasteiger partial charge in [-0.25, -0.2) is 4.39 Å². The van der Waals surface area contributed by atoms with Gasteiger partial charge in [-0.05, 0) is 18.4 Å². The van der Waals surface area contributed by atoms with E-state index in [-0.39, 0.29) is 16.6 Å². The van der Waals surface area contributed by atoms with Crippen molar-refractivity contribution in [3.63, 3.8) is 0 Å². The average molecular weight is 236 g/mol. The predicted octanol–water partition coefficient (Wildman–Crippen LogP) is 4.15. The molecule has 0 saturated heterocycles. The second-order valence-corrected chi connectivity index (χ2v) is 4.30. The molecule has 1 rings (SSSR count). The Hall–Kier alpha value is -0.470. The lowest BCUT2D eigenvalue weighted by molar-refractivity contribution is 0.615. The van der Waals surface area contributed by atoms with E-state index in [0.717, 1.165) is 0 Å². The van der Waals surface area contributed by atoms with E-state index < -0.39 is 5.82 Å². The van der Waals surface area contributed by atoms with Crippen LogP contribution in [0.15, 0.2) is 0 Å². The maximum Gasteiger partial charge on any atom is 0.147 e. The molecule has 0 aliphatic carbocycles. The van der Waals surface area contributed by atoms with Gasteiger partial charge in [0.1, 0.15) is 5.82 Å². The monoisotopic (exact) mass is 235 g/mol. The fourth-order valence-corrected chi connectivity index (χ4v) is 2.27. The van der Waals surface area contributed by atoms with Crippen LogP contribution in [-0.4, -0.2) is 0 Å². The molecule has 0 aromatic heterocycles. The molecule has 4 heteroatoms. The lowest BCUT2D eigenvalue weighted by atomic mass is 10.00. The average Bonchev–Trinajstić information content (AvgIpc) is 2.11. The summed E-state index contributed by atoms with van der Waals surface area (Å²) in [5, 5.41) is 0.445. The van der Waals surface area contributed by atoms with E-state index in [2.05, 4.69) is 0 Å². The largest absolute Gasteiger partial charge is 0.397 e. The molecule has 0 aliphatic rings. The van der Waals surface area contributed by atoms with Crippen LogP contribution >= 0.6 is 23.2 Å². The fraction of sp³-hybridized carbons (Fsp3) is 0.400. The van der Waals surface area contributed by atoms with E-state index in [0.29, 0.717) is 16.1 Å². The Bertz CT molecular complexity index is 346. The molecule has 1 aromatic carbocycles. The van der Waals surface area contributed by atoms with Gasteiger partial charge in [0, 0.05) is 5.56 Å². The summed E-state index contributed by atoms with van der Waals surface area (Å²) < 4.78 is 13.5. The van der Waals surface area contributed by atoms with Crippen LogP contribution in [-0.2, 0) is 0 Å². The number of rotatable bonds is 1. The van der Waals surface area contributed by atoms with Crippen LogP contribution in [0.1, 0.15) is 30.9 Å². The SMILES string of the molecule is Cc1c(N)c(Cl)c(C(C)C)c(Cl)c1F. The van der Waals surface area contributed by atoms with Crippen molar-refractivity contribution in [1.82, 2.24) is 0 Å². The van der Waals surface area contributed by atoms with Gasteiger partial charge in [-0.15, -0.1) is 0 Å². The second-order valence-electron chi connectivity index (χ2n) is 3.55. The third kappa shape index (κ3) is 1.69. The van der Waals surface area contributed by atoms with Gasteiger partial charge < -0.3 is 5.73 Å². The number of benzene rings is 1. The molecule has 0 unspecified atom stereocenters. The lowest BCUT2D eigenvalue weighted by Crippen LogP contribution is -2.02. The van der Waals surface area contributed by atoms with Crippen molar-refractivity contribution in [2.75, 3.05) is 5.73 Å². The smallest absolute Gasteiger partial charge is 0.147 e. The molecular weight excluding hydrogens is 224 g/mol. The van der Waals surface area contributed by atoms with Crippen LogP contribution in [0.2, 0.25) is 10.0 Å². The molecule has 0 saturated carbocycles. The zero-order valence-corrected chi connectivity index (χ0v) is 9.80. The minimum absolute atomic E-state index is 0.0485. The number of anilines is 1. The van der Waals surface area contributed by atoms with Gasteiger partial charge in [0.15, 0.2) is 0 Å². The molecule has 0 heterocycles. The molecule has 0 fully saturated rings. The number of halogens is 3. The Balaban J connectivity index is 3.60. The first-order valence-corrected chi connectivity index (χ1v) is 5.05. The Morgan fingerprint density at radius 2 is 1.71 bits per heavy atom. The Morgan fingerprint density at radius 1 is 1.21 bits per heavy atom. The van der Waals surface area contributed by atoms with E-state index in [4.69, 9.17) is 28.9 Å². The van der Waals surface area contributed by atoms with E-state index >= 15 is 0 Å². The molecule has 0 atom stereocenters. The number of nitrogens with two attached hydrogens (primary N) is 1. The van der Waals surface area contributed by atoms with Gasteiger partial charge in [0.25, 0.3) is 0 Å². The first kappa shape index (κ1) is 11.6. The zero-order valence-electron chi connectivity index (χ0n) is 8.29. The van der Waals surface area contributed by atoms with Crippen molar-refractivity contribution in [2.45, 2.75) is 26.7 Å². The molecule has 0 amide bonds. The molecule has 1 nitrogen and oxygen atoms in total. The lowest BCUT2D eigenvalue weighted by Gasteiger charge is -2.15. The number of hydrogen-bond donors (Lipinski definition) is 1. The third-order valence-corrected chi connectivity index (χ3v) is 2.99. The van der Waals surface area contributed by atoms with Gasteiger partial charge in [-0.1, -0.05) is 37.0 Å². The molecule has 0 radical (unpaired) electrons. The van der Waals surface area contributed by atoms with Crippen LogP contribution in [0.3, 0.4) is 0 Å². The summed E-state index contributed by atoms with van der Waals surface area (Å²) in [4.78, 5) is 0. The van der Waals surface area contributed by atoms with E-state index in [1.54, 1.807) is 6.92 Å². The van der Waals surface area contributed by atoms with Gasteiger partial charge in [0.05, 0.1) is 15.7 Å². The van der Waals surface area contributed by atoms with Crippen LogP contribution in [0, 0.1) is 12.7 Å². The normalized spacial score (nSPS) is 11.1. The van der Waals surface area contributed by atoms with Gasteiger partial charge in [-0.2, -0.15) is 0 Å². The summed E-state index contributed by atoms with van der Waals surface area (Å²) in [5.74, 6) is -0.426. The summed E-state index contributed by atoms with van der Waals surface area (Å²) >= 11 is 11.9. The van der Waals surface area contributed by atoms with Gasteiger partial charge in [0.2, 0.25) is 0 Å². The Labute approximate surface area is 93.0 Å². The van der Waals surface area contributed by atoms with Crippen molar-refractivity contribution in [3.8, 4) is 0 Å². The summed E-state index contributed by atoms with van der Waals surface area (Å²) in [6, 6.07) is 0. The molecular formula is C10H12Cl2FN. The summed E-state index contributed by atoms with van der Waals surface area (Å²) in [6.45, 7) is 5.34. The molecule has 2 N–H and O–H groups in total. The fourth-order valence-electron chi connectivity index (χ4n) is 1.31. The number of hydrogen-bond acceptors (Lipinski definition) is 1. The van der Waals surface area contributed by atoms with E-state index in [9.17, 15) is 4.39 Å². The highest BCUT2D eigenvalue weighted by atomic mass is 35.5. The van der Waals surface area contributed by atoms with E-state index in [1.807, 2.05) is 13.8 Å². The van der Waals surface area contributed by atoms with Crippen LogP contribution in [0.4, 0.5) is 10.1 Å². The van der Waals surface area contributed by atoms with E-state index in [1.165, 1.54) is 0 Å².